The van der Waals surface area contributed by atoms with E-state index in [1.54, 1.807) is 6.92 Å². The van der Waals surface area contributed by atoms with Crippen molar-refractivity contribution in [1.29, 1.82) is 0 Å². The van der Waals surface area contributed by atoms with Crippen LogP contribution in [0.1, 0.15) is 40.0 Å². The topological polar surface area (TPSA) is 57.6 Å². The molecule has 1 amide bonds. The number of hydrogen-bond donors (Lipinski definition) is 1. The number of alkyl halides is 3. The molecule has 0 spiro atoms. The van der Waals surface area contributed by atoms with Crippen LogP contribution in [0, 0.1) is 11.3 Å². The Morgan fingerprint density at radius 3 is 2.15 bits per heavy atom. The second-order valence-electron chi connectivity index (χ2n) is 6.08. The number of hydrogen-bond acceptors (Lipinski definition) is 2. The predicted octanol–water partition coefficient (Wildman–Crippen LogP) is 2.68. The van der Waals surface area contributed by atoms with Gasteiger partial charge in [0.25, 0.3) is 0 Å². The zero-order valence-electron chi connectivity index (χ0n) is 11.8. The van der Waals surface area contributed by atoms with Gasteiger partial charge in [0.05, 0.1) is 5.41 Å². The van der Waals surface area contributed by atoms with Crippen LogP contribution in [0.3, 0.4) is 0 Å². The Labute approximate surface area is 115 Å². The van der Waals surface area contributed by atoms with Crippen LogP contribution < -0.4 is 0 Å². The second-order valence-corrected chi connectivity index (χ2v) is 6.08. The largest absolute Gasteiger partial charge is 0.481 e. The molecule has 4 nitrogen and oxygen atoms in total. The fraction of sp³-hybridized carbons (Fsp3) is 0.846. The molecule has 1 unspecified atom stereocenters. The van der Waals surface area contributed by atoms with E-state index in [-0.39, 0.29) is 5.92 Å². The molecule has 0 radical (unpaired) electrons. The minimum Gasteiger partial charge on any atom is -0.481 e. The summed E-state index contributed by atoms with van der Waals surface area (Å²) < 4.78 is 37.8. The number of carbonyl (C=O) groups is 2. The number of carboxylic acid groups (broad SMARTS) is 1. The van der Waals surface area contributed by atoms with E-state index in [1.165, 1.54) is 13.8 Å². The molecule has 0 aromatic heterocycles. The van der Waals surface area contributed by atoms with Gasteiger partial charge in [0.2, 0.25) is 5.91 Å². The van der Waals surface area contributed by atoms with Gasteiger partial charge in [-0.1, -0.05) is 0 Å². The van der Waals surface area contributed by atoms with Crippen LogP contribution in [0.25, 0.3) is 0 Å². The van der Waals surface area contributed by atoms with Gasteiger partial charge in [-0.25, -0.2) is 0 Å². The van der Waals surface area contributed by atoms with Crippen molar-refractivity contribution in [3.63, 3.8) is 0 Å². The minimum absolute atomic E-state index is 0.0919. The standard InChI is InChI=1S/C13H20F3NO3/c1-8(9-4-5-9)17(7-13(14,15)16)10(18)6-12(2,3)11(19)20/h8-9H,4-7H2,1-3H3,(H,19,20). The maximum atomic E-state index is 12.6. The molecule has 1 N–H and O–H groups in total. The summed E-state index contributed by atoms with van der Waals surface area (Å²) in [7, 11) is 0. The van der Waals surface area contributed by atoms with Crippen molar-refractivity contribution in [2.75, 3.05) is 6.54 Å². The molecule has 1 atom stereocenters. The summed E-state index contributed by atoms with van der Waals surface area (Å²) in [6.07, 6.45) is -3.29. The van der Waals surface area contributed by atoms with E-state index in [1.807, 2.05) is 0 Å². The third kappa shape index (κ3) is 4.68. The van der Waals surface area contributed by atoms with Crippen molar-refractivity contribution in [2.45, 2.75) is 52.3 Å². The summed E-state index contributed by atoms with van der Waals surface area (Å²) in [5.41, 5.74) is -1.37. The number of carboxylic acids is 1. The normalized spacial score (nSPS) is 17.7. The van der Waals surface area contributed by atoms with Crippen LogP contribution in [0.15, 0.2) is 0 Å². The lowest BCUT2D eigenvalue weighted by atomic mass is 9.88. The Kier molecular flexibility index (Phi) is 4.71. The van der Waals surface area contributed by atoms with Gasteiger partial charge in [0.15, 0.2) is 0 Å². The molecule has 0 aromatic carbocycles. The van der Waals surface area contributed by atoms with E-state index in [0.717, 1.165) is 17.7 Å². The average molecular weight is 295 g/mol. The lowest BCUT2D eigenvalue weighted by Gasteiger charge is -2.32. The number of rotatable bonds is 6. The van der Waals surface area contributed by atoms with Gasteiger partial charge in [-0.3, -0.25) is 9.59 Å². The summed E-state index contributed by atoms with van der Waals surface area (Å²) in [4.78, 5) is 23.8. The molecule has 116 valence electrons. The third-order valence-corrected chi connectivity index (χ3v) is 3.64. The highest BCUT2D eigenvalue weighted by molar-refractivity contribution is 5.84. The molecule has 1 saturated carbocycles. The first-order valence-electron chi connectivity index (χ1n) is 6.53. The first-order valence-corrected chi connectivity index (χ1v) is 6.53. The van der Waals surface area contributed by atoms with Gasteiger partial charge >= 0.3 is 12.1 Å². The van der Waals surface area contributed by atoms with Crippen LogP contribution in [0.4, 0.5) is 13.2 Å². The van der Waals surface area contributed by atoms with Crippen molar-refractivity contribution in [2.24, 2.45) is 11.3 Å². The second kappa shape index (κ2) is 5.61. The molecule has 1 rings (SSSR count). The van der Waals surface area contributed by atoms with Crippen molar-refractivity contribution >= 4 is 11.9 Å². The van der Waals surface area contributed by atoms with E-state index in [9.17, 15) is 22.8 Å². The summed E-state index contributed by atoms with van der Waals surface area (Å²) in [6.45, 7) is 2.94. The Morgan fingerprint density at radius 1 is 1.30 bits per heavy atom. The molecule has 0 saturated heterocycles. The smallest absolute Gasteiger partial charge is 0.406 e. The Bertz CT molecular complexity index is 389. The first kappa shape index (κ1) is 16.8. The third-order valence-electron chi connectivity index (χ3n) is 3.64. The van der Waals surface area contributed by atoms with Gasteiger partial charge in [0.1, 0.15) is 6.54 Å². The van der Waals surface area contributed by atoms with E-state index < -0.39 is 42.5 Å². The van der Waals surface area contributed by atoms with Gasteiger partial charge < -0.3 is 10.0 Å². The number of amides is 1. The predicted molar refractivity (Wildman–Crippen MR) is 66.0 cm³/mol. The number of carbonyl (C=O) groups excluding carboxylic acids is 1. The molecular weight excluding hydrogens is 275 g/mol. The summed E-state index contributed by atoms with van der Waals surface area (Å²) in [5.74, 6) is -1.86. The van der Waals surface area contributed by atoms with Gasteiger partial charge in [-0.05, 0) is 39.5 Å². The number of halogens is 3. The lowest BCUT2D eigenvalue weighted by Crippen LogP contribution is -2.47. The monoisotopic (exact) mass is 295 g/mol. The maximum Gasteiger partial charge on any atom is 0.406 e. The Morgan fingerprint density at radius 2 is 1.80 bits per heavy atom. The summed E-state index contributed by atoms with van der Waals surface area (Å²) in [5, 5.41) is 8.97. The summed E-state index contributed by atoms with van der Waals surface area (Å²) in [6, 6.07) is -0.506. The molecule has 0 bridgehead atoms. The zero-order chi connectivity index (χ0) is 15.7. The molecule has 0 heterocycles. The van der Waals surface area contributed by atoms with Crippen LogP contribution in [-0.2, 0) is 9.59 Å². The van der Waals surface area contributed by atoms with Gasteiger partial charge in [0, 0.05) is 12.5 Å². The van der Waals surface area contributed by atoms with Crippen molar-refractivity contribution in [3.8, 4) is 0 Å². The van der Waals surface area contributed by atoms with Crippen molar-refractivity contribution in [1.82, 2.24) is 4.90 Å². The van der Waals surface area contributed by atoms with Crippen LogP contribution in [0.2, 0.25) is 0 Å². The fourth-order valence-electron chi connectivity index (χ4n) is 2.04. The molecule has 0 aromatic rings. The Balaban J connectivity index is 2.81. The van der Waals surface area contributed by atoms with Crippen LogP contribution >= 0.6 is 0 Å². The highest BCUT2D eigenvalue weighted by Crippen LogP contribution is 2.37. The van der Waals surface area contributed by atoms with E-state index in [2.05, 4.69) is 0 Å². The molecular formula is C13H20F3NO3. The quantitative estimate of drug-likeness (QED) is 0.819. The van der Waals surface area contributed by atoms with Crippen LogP contribution in [0.5, 0.6) is 0 Å². The molecule has 20 heavy (non-hydrogen) atoms. The first-order chi connectivity index (χ1) is 8.94. The van der Waals surface area contributed by atoms with E-state index in [4.69, 9.17) is 5.11 Å². The summed E-state index contributed by atoms with van der Waals surface area (Å²) >= 11 is 0. The SMILES string of the molecule is CC(C1CC1)N(CC(F)(F)F)C(=O)CC(C)(C)C(=O)O. The molecule has 1 aliphatic carbocycles. The molecule has 1 fully saturated rings. The molecule has 0 aliphatic heterocycles. The zero-order valence-corrected chi connectivity index (χ0v) is 11.8. The van der Waals surface area contributed by atoms with Crippen molar-refractivity contribution < 1.29 is 27.9 Å². The van der Waals surface area contributed by atoms with Gasteiger partial charge in [-0.15, -0.1) is 0 Å². The highest BCUT2D eigenvalue weighted by atomic mass is 19.4. The average Bonchev–Trinajstić information content (AvgIpc) is 3.06. The van der Waals surface area contributed by atoms with Crippen LogP contribution in [-0.4, -0.2) is 40.6 Å². The number of aliphatic carboxylic acids is 1. The highest BCUT2D eigenvalue weighted by Gasteiger charge is 2.42. The van der Waals surface area contributed by atoms with Crippen molar-refractivity contribution in [3.05, 3.63) is 0 Å². The minimum atomic E-state index is -4.48. The molecule has 1 aliphatic rings. The van der Waals surface area contributed by atoms with E-state index >= 15 is 0 Å². The maximum absolute atomic E-state index is 12.6. The Hall–Kier alpha value is -1.27. The lowest BCUT2D eigenvalue weighted by molar-refractivity contribution is -0.169. The fourth-order valence-corrected chi connectivity index (χ4v) is 2.04. The van der Waals surface area contributed by atoms with Gasteiger partial charge in [-0.2, -0.15) is 13.2 Å². The molecule has 7 heteroatoms. The van der Waals surface area contributed by atoms with E-state index in [0.29, 0.717) is 0 Å². The number of nitrogens with zero attached hydrogens (tertiary/aromatic N) is 1.